The van der Waals surface area contributed by atoms with Crippen molar-refractivity contribution in [2.75, 3.05) is 11.9 Å². The molecular formula is C17H23N3O2. The first-order valence-electron chi connectivity index (χ1n) is 7.30. The van der Waals surface area contributed by atoms with Crippen molar-refractivity contribution in [2.24, 2.45) is 7.05 Å². The van der Waals surface area contributed by atoms with Gasteiger partial charge in [0.05, 0.1) is 5.69 Å². The highest BCUT2D eigenvalue weighted by Gasteiger charge is 2.13. The van der Waals surface area contributed by atoms with Crippen molar-refractivity contribution in [2.45, 2.75) is 34.6 Å². The number of carbonyl (C=O) groups excluding carboxylic acids is 1. The van der Waals surface area contributed by atoms with Crippen molar-refractivity contribution in [3.8, 4) is 5.75 Å². The average Bonchev–Trinajstić information content (AvgIpc) is 2.64. The summed E-state index contributed by atoms with van der Waals surface area (Å²) in [6.07, 6.45) is 0. The average molecular weight is 301 g/mol. The molecule has 118 valence electrons. The number of rotatable bonds is 4. The van der Waals surface area contributed by atoms with Crippen LogP contribution in [0.15, 0.2) is 12.1 Å². The van der Waals surface area contributed by atoms with E-state index < -0.39 is 0 Å². The third-order valence-electron chi connectivity index (χ3n) is 3.73. The van der Waals surface area contributed by atoms with E-state index in [9.17, 15) is 4.79 Å². The summed E-state index contributed by atoms with van der Waals surface area (Å²) in [5, 5.41) is 7.14. The summed E-state index contributed by atoms with van der Waals surface area (Å²) in [6, 6.07) is 4.10. The Morgan fingerprint density at radius 3 is 2.27 bits per heavy atom. The molecule has 0 atom stereocenters. The number of anilines is 1. The summed E-state index contributed by atoms with van der Waals surface area (Å²) in [5.74, 6) is 1.30. The molecule has 0 aliphatic heterocycles. The van der Waals surface area contributed by atoms with Gasteiger partial charge in [-0.25, -0.2) is 0 Å². The number of nitrogens with zero attached hydrogens (tertiary/aromatic N) is 2. The highest BCUT2D eigenvalue weighted by molar-refractivity contribution is 5.91. The molecule has 1 amide bonds. The lowest BCUT2D eigenvalue weighted by molar-refractivity contribution is -0.118. The van der Waals surface area contributed by atoms with Gasteiger partial charge < -0.3 is 10.1 Å². The number of ether oxygens (including phenoxy) is 1. The standard InChI is InChI=1S/C17H23N3O2/c1-10-7-11(2)16(12(3)8-10)22-9-15(21)18-17-13(4)14(5)19-20(17)6/h7-8H,9H2,1-6H3,(H,18,21). The van der Waals surface area contributed by atoms with Crippen LogP contribution in [0.2, 0.25) is 0 Å². The van der Waals surface area contributed by atoms with Crippen molar-refractivity contribution >= 4 is 11.7 Å². The van der Waals surface area contributed by atoms with Gasteiger partial charge in [0.1, 0.15) is 11.6 Å². The molecule has 1 aromatic heterocycles. The molecule has 2 aromatic rings. The minimum absolute atomic E-state index is 0.0194. The van der Waals surface area contributed by atoms with E-state index in [2.05, 4.69) is 22.5 Å². The number of amides is 1. The fraction of sp³-hybridized carbons (Fsp3) is 0.412. The van der Waals surface area contributed by atoms with Crippen LogP contribution < -0.4 is 10.1 Å². The van der Waals surface area contributed by atoms with Gasteiger partial charge in [-0.15, -0.1) is 0 Å². The van der Waals surface area contributed by atoms with Gasteiger partial charge in [-0.05, 0) is 45.7 Å². The van der Waals surface area contributed by atoms with Crippen molar-refractivity contribution in [3.05, 3.63) is 40.1 Å². The molecule has 0 fully saturated rings. The second-order valence-corrected chi connectivity index (χ2v) is 5.75. The Labute approximate surface area is 131 Å². The van der Waals surface area contributed by atoms with E-state index in [1.807, 2.05) is 41.7 Å². The smallest absolute Gasteiger partial charge is 0.263 e. The number of aromatic nitrogens is 2. The molecule has 1 aromatic carbocycles. The summed E-state index contributed by atoms with van der Waals surface area (Å²) < 4.78 is 7.37. The van der Waals surface area contributed by atoms with E-state index >= 15 is 0 Å². The first-order valence-corrected chi connectivity index (χ1v) is 7.30. The molecule has 0 radical (unpaired) electrons. The molecule has 0 aliphatic rings. The lowest BCUT2D eigenvalue weighted by Gasteiger charge is -2.13. The van der Waals surface area contributed by atoms with Crippen LogP contribution in [0.4, 0.5) is 5.82 Å². The maximum atomic E-state index is 12.1. The summed E-state index contributed by atoms with van der Waals surface area (Å²) in [6.45, 7) is 9.86. The second kappa shape index (κ2) is 6.22. The Balaban J connectivity index is 2.05. The summed E-state index contributed by atoms with van der Waals surface area (Å²) in [7, 11) is 1.81. The quantitative estimate of drug-likeness (QED) is 0.944. The van der Waals surface area contributed by atoms with Crippen molar-refractivity contribution < 1.29 is 9.53 Å². The van der Waals surface area contributed by atoms with Crippen LogP contribution in [-0.2, 0) is 11.8 Å². The summed E-state index contributed by atoms with van der Waals surface area (Å²) in [4.78, 5) is 12.1. The van der Waals surface area contributed by atoms with E-state index in [4.69, 9.17) is 4.74 Å². The molecule has 22 heavy (non-hydrogen) atoms. The van der Waals surface area contributed by atoms with Crippen molar-refractivity contribution in [3.63, 3.8) is 0 Å². The van der Waals surface area contributed by atoms with Crippen LogP contribution in [-0.4, -0.2) is 22.3 Å². The van der Waals surface area contributed by atoms with Crippen LogP contribution in [0.25, 0.3) is 0 Å². The predicted molar refractivity (Wildman–Crippen MR) is 87.5 cm³/mol. The largest absolute Gasteiger partial charge is 0.483 e. The maximum Gasteiger partial charge on any atom is 0.263 e. The highest BCUT2D eigenvalue weighted by atomic mass is 16.5. The second-order valence-electron chi connectivity index (χ2n) is 5.75. The minimum atomic E-state index is -0.189. The van der Waals surface area contributed by atoms with Gasteiger partial charge in [-0.1, -0.05) is 17.7 Å². The highest BCUT2D eigenvalue weighted by Crippen LogP contribution is 2.24. The topological polar surface area (TPSA) is 56.1 Å². The Kier molecular flexibility index (Phi) is 4.54. The number of aryl methyl sites for hydroxylation is 5. The van der Waals surface area contributed by atoms with E-state index in [-0.39, 0.29) is 12.5 Å². The van der Waals surface area contributed by atoms with Gasteiger partial charge in [0, 0.05) is 12.6 Å². The van der Waals surface area contributed by atoms with Gasteiger partial charge >= 0.3 is 0 Å². The van der Waals surface area contributed by atoms with E-state index in [1.165, 1.54) is 5.56 Å². The summed E-state index contributed by atoms with van der Waals surface area (Å²) >= 11 is 0. The zero-order valence-electron chi connectivity index (χ0n) is 14.1. The van der Waals surface area contributed by atoms with Gasteiger partial charge in [-0.2, -0.15) is 5.10 Å². The normalized spacial score (nSPS) is 10.6. The molecule has 1 N–H and O–H groups in total. The zero-order valence-corrected chi connectivity index (χ0v) is 14.1. The molecule has 0 saturated heterocycles. The predicted octanol–water partition coefficient (Wildman–Crippen LogP) is 2.98. The number of benzene rings is 1. The van der Waals surface area contributed by atoms with Gasteiger partial charge in [-0.3, -0.25) is 9.48 Å². The maximum absolute atomic E-state index is 12.1. The molecule has 0 aliphatic carbocycles. The molecule has 2 rings (SSSR count). The van der Waals surface area contributed by atoms with Crippen LogP contribution in [0.3, 0.4) is 0 Å². The van der Waals surface area contributed by atoms with Crippen molar-refractivity contribution in [1.82, 2.24) is 9.78 Å². The molecule has 5 heteroatoms. The monoisotopic (exact) mass is 301 g/mol. The first-order chi connectivity index (χ1) is 10.3. The van der Waals surface area contributed by atoms with Crippen LogP contribution in [0, 0.1) is 34.6 Å². The molecule has 0 unspecified atom stereocenters. The van der Waals surface area contributed by atoms with E-state index in [1.54, 1.807) is 4.68 Å². The fourth-order valence-corrected chi connectivity index (χ4v) is 2.64. The fourth-order valence-electron chi connectivity index (χ4n) is 2.64. The minimum Gasteiger partial charge on any atom is -0.483 e. The van der Waals surface area contributed by atoms with Crippen molar-refractivity contribution in [1.29, 1.82) is 0 Å². The van der Waals surface area contributed by atoms with Crippen LogP contribution >= 0.6 is 0 Å². The van der Waals surface area contributed by atoms with Gasteiger partial charge in [0.2, 0.25) is 0 Å². The summed E-state index contributed by atoms with van der Waals surface area (Å²) in [5.41, 5.74) is 5.14. The number of hydrogen-bond donors (Lipinski definition) is 1. The molecule has 1 heterocycles. The number of nitrogens with one attached hydrogen (secondary N) is 1. The number of carbonyl (C=O) groups is 1. The van der Waals surface area contributed by atoms with E-state index in [0.717, 1.165) is 28.1 Å². The van der Waals surface area contributed by atoms with Crippen LogP contribution in [0.1, 0.15) is 27.9 Å². The first kappa shape index (κ1) is 16.1. The molecule has 0 bridgehead atoms. The molecule has 5 nitrogen and oxygen atoms in total. The molecular weight excluding hydrogens is 278 g/mol. The Hall–Kier alpha value is -2.30. The van der Waals surface area contributed by atoms with Crippen LogP contribution in [0.5, 0.6) is 5.75 Å². The number of hydrogen-bond acceptors (Lipinski definition) is 3. The third-order valence-corrected chi connectivity index (χ3v) is 3.73. The Bertz CT molecular complexity index is 694. The van der Waals surface area contributed by atoms with Gasteiger partial charge in [0.25, 0.3) is 5.91 Å². The Morgan fingerprint density at radius 1 is 1.18 bits per heavy atom. The SMILES string of the molecule is Cc1cc(C)c(OCC(=O)Nc2c(C)c(C)nn2C)c(C)c1. The zero-order chi connectivity index (χ0) is 16.4. The lowest BCUT2D eigenvalue weighted by Crippen LogP contribution is -2.22. The van der Waals surface area contributed by atoms with Gasteiger partial charge in [0.15, 0.2) is 6.61 Å². The third kappa shape index (κ3) is 3.30. The Morgan fingerprint density at radius 2 is 1.77 bits per heavy atom. The van der Waals surface area contributed by atoms with E-state index in [0.29, 0.717) is 5.82 Å². The molecule has 0 spiro atoms. The lowest BCUT2D eigenvalue weighted by atomic mass is 10.1. The molecule has 0 saturated carbocycles.